The molecule has 1 unspecified atom stereocenters. The van der Waals surface area contributed by atoms with Crippen LogP contribution in [-0.2, 0) is 0 Å². The third-order valence-electron chi connectivity index (χ3n) is 1.72. The highest BCUT2D eigenvalue weighted by atomic mass is 32.1. The van der Waals surface area contributed by atoms with Crippen LogP contribution in [0.5, 0.6) is 0 Å². The van der Waals surface area contributed by atoms with E-state index in [0.717, 1.165) is 18.0 Å². The molecule has 1 rings (SSSR count). The Morgan fingerprint density at radius 1 is 1.75 bits per heavy atom. The van der Waals surface area contributed by atoms with Crippen molar-refractivity contribution in [2.75, 3.05) is 11.9 Å². The average molecular weight is 180 g/mol. The summed E-state index contributed by atoms with van der Waals surface area (Å²) >= 11 is 1.67. The van der Waals surface area contributed by atoms with Gasteiger partial charge in [-0.1, -0.05) is 6.92 Å². The molecule has 0 amide bonds. The van der Waals surface area contributed by atoms with Crippen molar-refractivity contribution in [3.8, 4) is 6.07 Å². The summed E-state index contributed by atoms with van der Waals surface area (Å²) in [4.78, 5) is 0. The van der Waals surface area contributed by atoms with Gasteiger partial charge in [0.1, 0.15) is 0 Å². The Bertz CT molecular complexity index is 248. The predicted octanol–water partition coefficient (Wildman–Crippen LogP) is 2.71. The lowest BCUT2D eigenvalue weighted by Crippen LogP contribution is -2.10. The molecule has 0 aliphatic carbocycles. The second-order valence-electron chi connectivity index (χ2n) is 2.59. The molecule has 12 heavy (non-hydrogen) atoms. The number of hydrogen-bond acceptors (Lipinski definition) is 3. The molecule has 0 aliphatic heterocycles. The first-order valence-corrected chi connectivity index (χ1v) is 4.91. The molecule has 1 atom stereocenters. The minimum absolute atomic E-state index is 0.132. The first-order valence-electron chi connectivity index (χ1n) is 4.03. The van der Waals surface area contributed by atoms with Crippen molar-refractivity contribution in [3.63, 3.8) is 0 Å². The molecule has 0 spiro atoms. The minimum Gasteiger partial charge on any atom is -0.376 e. The van der Waals surface area contributed by atoms with E-state index in [4.69, 9.17) is 5.26 Å². The van der Waals surface area contributed by atoms with E-state index in [1.165, 1.54) is 0 Å². The minimum atomic E-state index is 0.132. The predicted molar refractivity (Wildman–Crippen MR) is 52.2 cm³/mol. The molecule has 64 valence electrons. The SMILES string of the molecule is CCC(C#N)CNc1cccs1. The van der Waals surface area contributed by atoms with E-state index in [0.29, 0.717) is 0 Å². The van der Waals surface area contributed by atoms with E-state index in [1.807, 2.05) is 24.4 Å². The lowest BCUT2D eigenvalue weighted by molar-refractivity contribution is 0.675. The van der Waals surface area contributed by atoms with Crippen LogP contribution < -0.4 is 5.32 Å². The highest BCUT2D eigenvalue weighted by Crippen LogP contribution is 2.15. The number of nitrogens with zero attached hydrogens (tertiary/aromatic N) is 1. The molecular weight excluding hydrogens is 168 g/mol. The summed E-state index contributed by atoms with van der Waals surface area (Å²) < 4.78 is 0. The first-order chi connectivity index (χ1) is 5.86. The van der Waals surface area contributed by atoms with Gasteiger partial charge in [0.25, 0.3) is 0 Å². The quantitative estimate of drug-likeness (QED) is 0.773. The molecule has 0 fully saturated rings. The van der Waals surface area contributed by atoms with Gasteiger partial charge in [-0.25, -0.2) is 0 Å². The van der Waals surface area contributed by atoms with Crippen LogP contribution >= 0.6 is 11.3 Å². The second-order valence-corrected chi connectivity index (χ2v) is 3.54. The average Bonchev–Trinajstić information content (AvgIpc) is 2.59. The van der Waals surface area contributed by atoms with Gasteiger partial charge in [-0.2, -0.15) is 5.26 Å². The van der Waals surface area contributed by atoms with Crippen molar-refractivity contribution in [2.45, 2.75) is 13.3 Å². The fourth-order valence-electron chi connectivity index (χ4n) is 0.884. The number of nitriles is 1. The fraction of sp³-hybridized carbons (Fsp3) is 0.444. The maximum atomic E-state index is 8.67. The Kier molecular flexibility index (Phi) is 3.62. The van der Waals surface area contributed by atoms with Gasteiger partial charge in [-0.15, -0.1) is 11.3 Å². The maximum absolute atomic E-state index is 8.67. The maximum Gasteiger partial charge on any atom is 0.0882 e. The zero-order valence-corrected chi connectivity index (χ0v) is 7.90. The van der Waals surface area contributed by atoms with Gasteiger partial charge in [-0.05, 0) is 23.9 Å². The fourth-order valence-corrected chi connectivity index (χ4v) is 1.51. The summed E-state index contributed by atoms with van der Waals surface area (Å²) in [5, 5.41) is 15.1. The van der Waals surface area contributed by atoms with E-state index >= 15 is 0 Å². The summed E-state index contributed by atoms with van der Waals surface area (Å²) in [7, 11) is 0. The van der Waals surface area contributed by atoms with Crippen LogP contribution in [0.25, 0.3) is 0 Å². The Balaban J connectivity index is 2.31. The van der Waals surface area contributed by atoms with Crippen molar-refractivity contribution in [2.24, 2.45) is 5.92 Å². The number of nitrogens with one attached hydrogen (secondary N) is 1. The van der Waals surface area contributed by atoms with Crippen molar-refractivity contribution in [1.29, 1.82) is 5.26 Å². The summed E-state index contributed by atoms with van der Waals surface area (Å²) in [6.45, 7) is 2.79. The van der Waals surface area contributed by atoms with Gasteiger partial charge in [0.15, 0.2) is 0 Å². The highest BCUT2D eigenvalue weighted by molar-refractivity contribution is 7.14. The first kappa shape index (κ1) is 9.08. The molecule has 1 heterocycles. The molecule has 0 aromatic carbocycles. The highest BCUT2D eigenvalue weighted by Gasteiger charge is 2.03. The Labute approximate surface area is 76.8 Å². The largest absolute Gasteiger partial charge is 0.376 e. The van der Waals surface area contributed by atoms with Gasteiger partial charge >= 0.3 is 0 Å². The summed E-state index contributed by atoms with van der Waals surface area (Å²) in [6, 6.07) is 6.28. The molecule has 1 aromatic heterocycles. The Morgan fingerprint density at radius 3 is 3.08 bits per heavy atom. The van der Waals surface area contributed by atoms with E-state index < -0.39 is 0 Å². The second kappa shape index (κ2) is 4.78. The van der Waals surface area contributed by atoms with Crippen molar-refractivity contribution >= 4 is 16.3 Å². The monoisotopic (exact) mass is 180 g/mol. The number of hydrogen-bond donors (Lipinski definition) is 1. The van der Waals surface area contributed by atoms with E-state index in [-0.39, 0.29) is 5.92 Å². The van der Waals surface area contributed by atoms with E-state index in [2.05, 4.69) is 11.4 Å². The van der Waals surface area contributed by atoms with Crippen LogP contribution in [0.4, 0.5) is 5.00 Å². The van der Waals surface area contributed by atoms with Crippen LogP contribution in [-0.4, -0.2) is 6.54 Å². The normalized spacial score (nSPS) is 12.0. The molecule has 0 saturated heterocycles. The molecule has 0 saturated carbocycles. The van der Waals surface area contributed by atoms with E-state index in [9.17, 15) is 0 Å². The molecule has 0 aliphatic rings. The van der Waals surface area contributed by atoms with Crippen LogP contribution in [0.2, 0.25) is 0 Å². The zero-order chi connectivity index (χ0) is 8.81. The van der Waals surface area contributed by atoms with Crippen LogP contribution in [0.15, 0.2) is 17.5 Å². The number of thiophene rings is 1. The third-order valence-corrected chi connectivity index (χ3v) is 2.55. The van der Waals surface area contributed by atoms with Gasteiger partial charge in [0.2, 0.25) is 0 Å². The van der Waals surface area contributed by atoms with Gasteiger partial charge < -0.3 is 5.32 Å². The number of anilines is 1. The third kappa shape index (κ3) is 2.55. The molecule has 1 aromatic rings. The van der Waals surface area contributed by atoms with Crippen LogP contribution in [0.3, 0.4) is 0 Å². The molecule has 1 N–H and O–H groups in total. The van der Waals surface area contributed by atoms with Crippen molar-refractivity contribution < 1.29 is 0 Å². The van der Waals surface area contributed by atoms with Crippen molar-refractivity contribution in [3.05, 3.63) is 17.5 Å². The van der Waals surface area contributed by atoms with Gasteiger partial charge in [-0.3, -0.25) is 0 Å². The standard InChI is InChI=1S/C9H12N2S/c1-2-8(6-10)7-11-9-4-3-5-12-9/h3-5,8,11H,2,7H2,1H3. The smallest absolute Gasteiger partial charge is 0.0882 e. The van der Waals surface area contributed by atoms with Crippen molar-refractivity contribution in [1.82, 2.24) is 0 Å². The molecule has 0 radical (unpaired) electrons. The number of rotatable bonds is 4. The Morgan fingerprint density at radius 2 is 2.58 bits per heavy atom. The van der Waals surface area contributed by atoms with Gasteiger partial charge in [0.05, 0.1) is 17.0 Å². The van der Waals surface area contributed by atoms with Gasteiger partial charge in [0, 0.05) is 6.54 Å². The lowest BCUT2D eigenvalue weighted by atomic mass is 10.1. The summed E-state index contributed by atoms with van der Waals surface area (Å²) in [5.41, 5.74) is 0. The summed E-state index contributed by atoms with van der Waals surface area (Å²) in [5.74, 6) is 0.132. The Hall–Kier alpha value is -1.01. The van der Waals surface area contributed by atoms with Crippen LogP contribution in [0, 0.1) is 17.2 Å². The zero-order valence-electron chi connectivity index (χ0n) is 7.08. The topological polar surface area (TPSA) is 35.8 Å². The van der Waals surface area contributed by atoms with E-state index in [1.54, 1.807) is 11.3 Å². The summed E-state index contributed by atoms with van der Waals surface area (Å²) in [6.07, 6.45) is 0.912. The molecule has 3 heteroatoms. The molecular formula is C9H12N2S. The lowest BCUT2D eigenvalue weighted by Gasteiger charge is -2.06. The van der Waals surface area contributed by atoms with Crippen LogP contribution in [0.1, 0.15) is 13.3 Å². The molecule has 0 bridgehead atoms. The molecule has 2 nitrogen and oxygen atoms in total.